The van der Waals surface area contributed by atoms with Crippen molar-refractivity contribution in [2.75, 3.05) is 14.1 Å². The number of carbonyl (C=O) groups is 1. The largest absolute Gasteiger partial charge is 0.331 e. The zero-order chi connectivity index (χ0) is 13.2. The SMILES string of the molecule is CN(C)C(=O)NC1(c2ccc(Cl)cc2)CCCC1. The molecule has 0 aliphatic heterocycles. The molecule has 1 fully saturated rings. The Morgan fingerprint density at radius 1 is 1.22 bits per heavy atom. The van der Waals surface area contributed by atoms with Crippen LogP contribution in [0.3, 0.4) is 0 Å². The standard InChI is InChI=1S/C14H19ClN2O/c1-17(2)13(18)16-14(9-3-4-10-14)11-5-7-12(15)8-6-11/h5-8H,3-4,9-10H2,1-2H3,(H,16,18). The first kappa shape index (κ1) is 13.2. The smallest absolute Gasteiger partial charge is 0.317 e. The lowest BCUT2D eigenvalue weighted by molar-refractivity contribution is 0.200. The number of benzene rings is 1. The van der Waals surface area contributed by atoms with Gasteiger partial charge in [-0.2, -0.15) is 0 Å². The van der Waals surface area contributed by atoms with Crippen molar-refractivity contribution in [2.24, 2.45) is 0 Å². The summed E-state index contributed by atoms with van der Waals surface area (Å²) in [5.74, 6) is 0. The molecule has 0 bridgehead atoms. The van der Waals surface area contributed by atoms with Gasteiger partial charge < -0.3 is 10.2 Å². The fraction of sp³-hybridized carbons (Fsp3) is 0.500. The normalized spacial score (nSPS) is 17.5. The summed E-state index contributed by atoms with van der Waals surface area (Å²) in [5, 5.41) is 3.90. The molecular formula is C14H19ClN2O. The third-order valence-corrected chi connectivity index (χ3v) is 3.86. The molecule has 0 heterocycles. The van der Waals surface area contributed by atoms with Gasteiger partial charge in [0.2, 0.25) is 0 Å². The third-order valence-electron chi connectivity index (χ3n) is 3.61. The zero-order valence-corrected chi connectivity index (χ0v) is 11.6. The first-order valence-electron chi connectivity index (χ1n) is 6.29. The monoisotopic (exact) mass is 266 g/mol. The van der Waals surface area contributed by atoms with Crippen LogP contribution in [0.5, 0.6) is 0 Å². The van der Waals surface area contributed by atoms with Crippen molar-refractivity contribution in [3.63, 3.8) is 0 Å². The maximum absolute atomic E-state index is 11.9. The van der Waals surface area contributed by atoms with E-state index < -0.39 is 0 Å². The second-order valence-electron chi connectivity index (χ2n) is 5.12. The van der Waals surface area contributed by atoms with Crippen LogP contribution in [0.15, 0.2) is 24.3 Å². The van der Waals surface area contributed by atoms with Crippen LogP contribution in [0.2, 0.25) is 5.02 Å². The molecule has 0 atom stereocenters. The highest BCUT2D eigenvalue weighted by atomic mass is 35.5. The third kappa shape index (κ3) is 2.61. The summed E-state index contributed by atoms with van der Waals surface area (Å²) in [4.78, 5) is 13.5. The van der Waals surface area contributed by atoms with Crippen molar-refractivity contribution in [2.45, 2.75) is 31.2 Å². The average Bonchev–Trinajstić information content (AvgIpc) is 2.79. The van der Waals surface area contributed by atoms with Crippen molar-refractivity contribution in [3.05, 3.63) is 34.9 Å². The number of hydrogen-bond donors (Lipinski definition) is 1. The van der Waals surface area contributed by atoms with E-state index in [1.54, 1.807) is 19.0 Å². The van der Waals surface area contributed by atoms with E-state index in [-0.39, 0.29) is 11.6 Å². The highest BCUT2D eigenvalue weighted by Crippen LogP contribution is 2.39. The van der Waals surface area contributed by atoms with Crippen molar-refractivity contribution >= 4 is 17.6 Å². The summed E-state index contributed by atoms with van der Waals surface area (Å²) >= 11 is 5.92. The van der Waals surface area contributed by atoms with Gasteiger partial charge in [-0.05, 0) is 30.5 Å². The number of nitrogens with zero attached hydrogens (tertiary/aromatic N) is 1. The van der Waals surface area contributed by atoms with Gasteiger partial charge in [-0.1, -0.05) is 36.6 Å². The van der Waals surface area contributed by atoms with Crippen molar-refractivity contribution in [1.82, 2.24) is 10.2 Å². The van der Waals surface area contributed by atoms with Gasteiger partial charge in [0.15, 0.2) is 0 Å². The molecule has 1 aliphatic rings. The summed E-state index contributed by atoms with van der Waals surface area (Å²) in [6.07, 6.45) is 4.29. The highest BCUT2D eigenvalue weighted by molar-refractivity contribution is 6.30. The number of nitrogens with one attached hydrogen (secondary N) is 1. The van der Waals surface area contributed by atoms with Crippen molar-refractivity contribution < 1.29 is 4.79 Å². The van der Waals surface area contributed by atoms with Gasteiger partial charge >= 0.3 is 6.03 Å². The number of carbonyl (C=O) groups excluding carboxylic acids is 1. The van der Waals surface area contributed by atoms with Gasteiger partial charge in [-0.3, -0.25) is 0 Å². The van der Waals surface area contributed by atoms with Crippen molar-refractivity contribution in [1.29, 1.82) is 0 Å². The van der Waals surface area contributed by atoms with Crippen LogP contribution >= 0.6 is 11.6 Å². The average molecular weight is 267 g/mol. The van der Waals surface area contributed by atoms with Crippen LogP contribution in [0.4, 0.5) is 4.79 Å². The number of amides is 2. The van der Waals surface area contributed by atoms with Gasteiger partial charge in [0.25, 0.3) is 0 Å². The molecule has 4 heteroatoms. The first-order chi connectivity index (χ1) is 8.53. The van der Waals surface area contributed by atoms with E-state index in [0.717, 1.165) is 36.3 Å². The van der Waals surface area contributed by atoms with E-state index in [4.69, 9.17) is 11.6 Å². The Balaban J connectivity index is 2.26. The summed E-state index contributed by atoms with van der Waals surface area (Å²) in [5.41, 5.74) is 0.936. The number of rotatable bonds is 2. The van der Waals surface area contributed by atoms with Gasteiger partial charge in [0.1, 0.15) is 0 Å². The first-order valence-corrected chi connectivity index (χ1v) is 6.67. The molecule has 0 saturated heterocycles. The lowest BCUT2D eigenvalue weighted by atomic mass is 9.88. The Hall–Kier alpha value is -1.22. The fourth-order valence-corrected chi connectivity index (χ4v) is 2.68. The molecule has 2 rings (SSSR count). The summed E-state index contributed by atoms with van der Waals surface area (Å²) < 4.78 is 0. The Morgan fingerprint density at radius 2 is 1.78 bits per heavy atom. The Bertz CT molecular complexity index is 422. The van der Waals surface area contributed by atoms with Gasteiger partial charge in [0, 0.05) is 19.1 Å². The number of hydrogen-bond acceptors (Lipinski definition) is 1. The molecule has 0 spiro atoms. The molecule has 1 aromatic rings. The summed E-state index contributed by atoms with van der Waals surface area (Å²) in [7, 11) is 3.53. The van der Waals surface area contributed by atoms with Crippen LogP contribution in [-0.4, -0.2) is 25.0 Å². The molecule has 0 unspecified atom stereocenters. The van der Waals surface area contributed by atoms with Crippen molar-refractivity contribution in [3.8, 4) is 0 Å². The minimum absolute atomic E-state index is 0.0353. The highest BCUT2D eigenvalue weighted by Gasteiger charge is 2.37. The number of halogens is 1. The summed E-state index contributed by atoms with van der Waals surface area (Å²) in [6.45, 7) is 0. The van der Waals surface area contributed by atoms with E-state index in [1.807, 2.05) is 24.3 Å². The van der Waals surface area contributed by atoms with E-state index in [1.165, 1.54) is 0 Å². The van der Waals surface area contributed by atoms with E-state index in [0.29, 0.717) is 0 Å². The minimum atomic E-state index is -0.216. The zero-order valence-electron chi connectivity index (χ0n) is 10.9. The Morgan fingerprint density at radius 3 is 2.28 bits per heavy atom. The fourth-order valence-electron chi connectivity index (χ4n) is 2.55. The molecule has 0 radical (unpaired) electrons. The maximum Gasteiger partial charge on any atom is 0.317 e. The van der Waals surface area contributed by atoms with E-state index >= 15 is 0 Å². The maximum atomic E-state index is 11.9. The molecule has 0 aromatic heterocycles. The molecule has 1 saturated carbocycles. The predicted octanol–water partition coefficient (Wildman–Crippen LogP) is 3.38. The molecule has 1 aromatic carbocycles. The molecule has 1 aliphatic carbocycles. The van der Waals surface area contributed by atoms with Crippen LogP contribution in [-0.2, 0) is 5.54 Å². The van der Waals surface area contributed by atoms with Gasteiger partial charge in [-0.25, -0.2) is 4.79 Å². The Kier molecular flexibility index (Phi) is 3.81. The van der Waals surface area contributed by atoms with Gasteiger partial charge in [-0.15, -0.1) is 0 Å². The molecule has 2 amide bonds. The lowest BCUT2D eigenvalue weighted by Crippen LogP contribution is -2.48. The van der Waals surface area contributed by atoms with Crippen LogP contribution in [0.1, 0.15) is 31.2 Å². The van der Waals surface area contributed by atoms with Gasteiger partial charge in [0.05, 0.1) is 5.54 Å². The molecular weight excluding hydrogens is 248 g/mol. The van der Waals surface area contributed by atoms with E-state index in [9.17, 15) is 4.79 Å². The van der Waals surface area contributed by atoms with E-state index in [2.05, 4.69) is 5.32 Å². The van der Waals surface area contributed by atoms with Crippen LogP contribution in [0, 0.1) is 0 Å². The van der Waals surface area contributed by atoms with Crippen LogP contribution in [0.25, 0.3) is 0 Å². The second-order valence-corrected chi connectivity index (χ2v) is 5.56. The Labute approximate surface area is 113 Å². The molecule has 1 N–H and O–H groups in total. The lowest BCUT2D eigenvalue weighted by Gasteiger charge is -2.32. The summed E-state index contributed by atoms with van der Waals surface area (Å²) in [6, 6.07) is 7.77. The number of urea groups is 1. The predicted molar refractivity (Wildman–Crippen MR) is 73.8 cm³/mol. The molecule has 18 heavy (non-hydrogen) atoms. The van der Waals surface area contributed by atoms with Crippen LogP contribution < -0.4 is 5.32 Å². The topological polar surface area (TPSA) is 32.3 Å². The quantitative estimate of drug-likeness (QED) is 0.874. The minimum Gasteiger partial charge on any atom is -0.331 e. The molecule has 3 nitrogen and oxygen atoms in total. The second kappa shape index (κ2) is 5.19. The molecule has 98 valence electrons.